The molecule has 0 saturated heterocycles. The highest BCUT2D eigenvalue weighted by Crippen LogP contribution is 2.30. The fourth-order valence-corrected chi connectivity index (χ4v) is 3.19. The van der Waals surface area contributed by atoms with Gasteiger partial charge < -0.3 is 19.5 Å². The van der Waals surface area contributed by atoms with Crippen molar-refractivity contribution in [2.24, 2.45) is 0 Å². The highest BCUT2D eigenvalue weighted by Gasteiger charge is 2.26. The number of anilines is 1. The SMILES string of the molecule is COc1ccc(NC(=O)CC(OC(=O)OC(C)(C)C)c2cccc3ccccc23)cc1. The monoisotopic (exact) mass is 421 g/mol. The molecule has 162 valence electrons. The third-order valence-corrected chi connectivity index (χ3v) is 4.54. The van der Waals surface area contributed by atoms with E-state index in [-0.39, 0.29) is 12.3 Å². The molecule has 3 aromatic rings. The zero-order chi connectivity index (χ0) is 22.4. The fourth-order valence-electron chi connectivity index (χ4n) is 3.19. The summed E-state index contributed by atoms with van der Waals surface area (Å²) in [5.41, 5.74) is 0.666. The van der Waals surface area contributed by atoms with E-state index in [9.17, 15) is 9.59 Å². The molecule has 0 bridgehead atoms. The molecule has 3 rings (SSSR count). The second kappa shape index (κ2) is 9.51. The Kier molecular flexibility index (Phi) is 6.80. The van der Waals surface area contributed by atoms with Crippen LogP contribution >= 0.6 is 0 Å². The van der Waals surface area contributed by atoms with Gasteiger partial charge in [0.15, 0.2) is 0 Å². The molecule has 0 aliphatic rings. The first-order valence-corrected chi connectivity index (χ1v) is 10.1. The first-order chi connectivity index (χ1) is 14.7. The van der Waals surface area contributed by atoms with E-state index < -0.39 is 17.9 Å². The standard InChI is InChI=1S/C25H27NO5/c1-25(2,3)31-24(28)30-22(21-11-7-9-17-8-5-6-10-20(17)21)16-23(27)26-18-12-14-19(29-4)15-13-18/h5-15,22H,16H2,1-4H3,(H,26,27). The van der Waals surface area contributed by atoms with Gasteiger partial charge in [0, 0.05) is 11.3 Å². The van der Waals surface area contributed by atoms with Crippen molar-refractivity contribution in [3.8, 4) is 5.75 Å². The van der Waals surface area contributed by atoms with E-state index in [4.69, 9.17) is 14.2 Å². The maximum Gasteiger partial charge on any atom is 0.509 e. The van der Waals surface area contributed by atoms with Gasteiger partial charge in [0.2, 0.25) is 5.91 Å². The number of nitrogens with one attached hydrogen (secondary N) is 1. The summed E-state index contributed by atoms with van der Waals surface area (Å²) in [6.07, 6.45) is -1.68. The van der Waals surface area contributed by atoms with E-state index in [1.54, 1.807) is 52.1 Å². The maximum atomic E-state index is 12.8. The van der Waals surface area contributed by atoms with Crippen molar-refractivity contribution >= 4 is 28.5 Å². The largest absolute Gasteiger partial charge is 0.509 e. The molecule has 3 aromatic carbocycles. The predicted molar refractivity (Wildman–Crippen MR) is 120 cm³/mol. The summed E-state index contributed by atoms with van der Waals surface area (Å²) < 4.78 is 16.1. The number of ether oxygens (including phenoxy) is 3. The summed E-state index contributed by atoms with van der Waals surface area (Å²) in [4.78, 5) is 25.2. The van der Waals surface area contributed by atoms with Gasteiger partial charge in [0.25, 0.3) is 0 Å². The number of carbonyl (C=O) groups is 2. The molecule has 0 aliphatic carbocycles. The summed E-state index contributed by atoms with van der Waals surface area (Å²) in [5, 5.41) is 4.74. The smallest absolute Gasteiger partial charge is 0.497 e. The minimum Gasteiger partial charge on any atom is -0.497 e. The van der Waals surface area contributed by atoms with E-state index in [2.05, 4.69) is 5.32 Å². The minimum absolute atomic E-state index is 0.0563. The van der Waals surface area contributed by atoms with Crippen molar-refractivity contribution < 1.29 is 23.8 Å². The Labute approximate surface area is 182 Å². The molecule has 31 heavy (non-hydrogen) atoms. The van der Waals surface area contributed by atoms with Crippen LogP contribution < -0.4 is 10.1 Å². The molecule has 0 heterocycles. The van der Waals surface area contributed by atoms with Crippen LogP contribution in [-0.2, 0) is 14.3 Å². The van der Waals surface area contributed by atoms with Crippen LogP contribution in [0.4, 0.5) is 10.5 Å². The molecule has 1 unspecified atom stereocenters. The Morgan fingerprint density at radius 3 is 2.29 bits per heavy atom. The summed E-state index contributed by atoms with van der Waals surface area (Å²) in [7, 11) is 1.58. The molecule has 1 atom stereocenters. The molecule has 1 N–H and O–H groups in total. The number of hydrogen-bond donors (Lipinski definition) is 1. The molecule has 1 amide bonds. The first kappa shape index (κ1) is 22.2. The number of amides is 1. The van der Waals surface area contributed by atoms with E-state index in [1.807, 2.05) is 42.5 Å². The third-order valence-electron chi connectivity index (χ3n) is 4.54. The van der Waals surface area contributed by atoms with Gasteiger partial charge >= 0.3 is 6.16 Å². The van der Waals surface area contributed by atoms with Gasteiger partial charge in [-0.3, -0.25) is 4.79 Å². The number of hydrogen-bond acceptors (Lipinski definition) is 5. The van der Waals surface area contributed by atoms with Crippen molar-refractivity contribution in [1.29, 1.82) is 0 Å². The third kappa shape index (κ3) is 6.22. The van der Waals surface area contributed by atoms with Crippen molar-refractivity contribution in [3.63, 3.8) is 0 Å². The number of benzene rings is 3. The summed E-state index contributed by atoms with van der Waals surface area (Å²) >= 11 is 0. The molecule has 0 aliphatic heterocycles. The van der Waals surface area contributed by atoms with Gasteiger partial charge in [-0.05, 0) is 55.8 Å². The van der Waals surface area contributed by atoms with Gasteiger partial charge in [-0.2, -0.15) is 0 Å². The summed E-state index contributed by atoms with van der Waals surface area (Å²) in [5.74, 6) is 0.409. The van der Waals surface area contributed by atoms with E-state index in [1.165, 1.54) is 0 Å². The van der Waals surface area contributed by atoms with Gasteiger partial charge in [0.1, 0.15) is 17.5 Å². The quantitative estimate of drug-likeness (QED) is 0.504. The zero-order valence-electron chi connectivity index (χ0n) is 18.2. The van der Waals surface area contributed by atoms with Gasteiger partial charge in [-0.15, -0.1) is 0 Å². The fraction of sp³-hybridized carbons (Fsp3) is 0.280. The van der Waals surface area contributed by atoms with Crippen LogP contribution in [0.1, 0.15) is 38.9 Å². The number of rotatable bonds is 6. The van der Waals surface area contributed by atoms with Crippen LogP contribution in [-0.4, -0.2) is 24.8 Å². The van der Waals surface area contributed by atoms with Crippen LogP contribution in [0.15, 0.2) is 66.7 Å². The lowest BCUT2D eigenvalue weighted by atomic mass is 9.98. The molecule has 0 radical (unpaired) electrons. The van der Waals surface area contributed by atoms with Gasteiger partial charge in [-0.1, -0.05) is 42.5 Å². The Balaban J connectivity index is 1.84. The lowest BCUT2D eigenvalue weighted by Gasteiger charge is -2.23. The van der Waals surface area contributed by atoms with E-state index in [0.717, 1.165) is 16.3 Å². The maximum absolute atomic E-state index is 12.8. The van der Waals surface area contributed by atoms with Gasteiger partial charge in [0.05, 0.1) is 13.5 Å². The number of methoxy groups -OCH3 is 1. The average molecular weight is 421 g/mol. The van der Waals surface area contributed by atoms with Crippen LogP contribution in [0.2, 0.25) is 0 Å². The van der Waals surface area contributed by atoms with Gasteiger partial charge in [-0.25, -0.2) is 4.79 Å². The predicted octanol–water partition coefficient (Wildman–Crippen LogP) is 5.87. The molecular weight excluding hydrogens is 394 g/mol. The van der Waals surface area contributed by atoms with Crippen LogP contribution in [0.5, 0.6) is 5.75 Å². The average Bonchev–Trinajstić information content (AvgIpc) is 2.72. The van der Waals surface area contributed by atoms with Crippen LogP contribution in [0.3, 0.4) is 0 Å². The van der Waals surface area contributed by atoms with Crippen molar-refractivity contribution in [2.45, 2.75) is 38.9 Å². The molecular formula is C25H27NO5. The molecule has 0 aromatic heterocycles. The summed E-state index contributed by atoms with van der Waals surface area (Å²) in [6, 6.07) is 20.5. The molecule has 6 heteroatoms. The number of carbonyl (C=O) groups excluding carboxylic acids is 2. The zero-order valence-corrected chi connectivity index (χ0v) is 18.2. The van der Waals surface area contributed by atoms with E-state index >= 15 is 0 Å². The Morgan fingerprint density at radius 2 is 1.61 bits per heavy atom. The second-order valence-corrected chi connectivity index (χ2v) is 8.12. The Bertz CT molecular complexity index is 1050. The lowest BCUT2D eigenvalue weighted by Crippen LogP contribution is -2.27. The molecule has 0 fully saturated rings. The highest BCUT2D eigenvalue weighted by atomic mass is 16.7. The van der Waals surface area contributed by atoms with Crippen molar-refractivity contribution in [1.82, 2.24) is 0 Å². The molecule has 0 spiro atoms. The first-order valence-electron chi connectivity index (χ1n) is 10.1. The minimum atomic E-state index is -0.817. The van der Waals surface area contributed by atoms with E-state index in [0.29, 0.717) is 11.4 Å². The highest BCUT2D eigenvalue weighted by molar-refractivity contribution is 5.92. The Morgan fingerprint density at radius 1 is 0.935 bits per heavy atom. The Hall–Kier alpha value is -3.54. The molecule has 0 saturated carbocycles. The van der Waals surface area contributed by atoms with Crippen molar-refractivity contribution in [2.75, 3.05) is 12.4 Å². The summed E-state index contributed by atoms with van der Waals surface area (Å²) in [6.45, 7) is 5.28. The second-order valence-electron chi connectivity index (χ2n) is 8.12. The van der Waals surface area contributed by atoms with Crippen LogP contribution in [0, 0.1) is 0 Å². The number of fused-ring (bicyclic) bond motifs is 1. The van der Waals surface area contributed by atoms with Crippen LogP contribution in [0.25, 0.3) is 10.8 Å². The molecule has 6 nitrogen and oxygen atoms in total. The normalized spacial score (nSPS) is 12.1. The lowest BCUT2D eigenvalue weighted by molar-refractivity contribution is -0.118. The van der Waals surface area contributed by atoms with Crippen molar-refractivity contribution in [3.05, 3.63) is 72.3 Å². The topological polar surface area (TPSA) is 73.9 Å².